The Morgan fingerprint density at radius 1 is 1.24 bits per heavy atom. The number of hydrogen-bond donors (Lipinski definition) is 3. The maximum atomic E-state index is 13.2. The first-order chi connectivity index (χ1) is 10.0. The van der Waals surface area contributed by atoms with Crippen LogP contribution < -0.4 is 10.2 Å². The minimum Gasteiger partial charge on any atom is -0.478 e. The van der Waals surface area contributed by atoms with Gasteiger partial charge in [0, 0.05) is 44.5 Å². The lowest BCUT2D eigenvalue weighted by molar-refractivity contribution is -0.134. The standard InChI is InChI=1S/C9H12FN3.C4H4O4/c10-8-2-1-3-12-9(8)13-6-4-11-5-7-13;5-3(6)1-2-4(7)8/h1-3,11H,4-7H2;1-2H,(H,5,6)(H,7,8)/b;2-1+. The van der Waals surface area contributed by atoms with Crippen LogP contribution in [0.25, 0.3) is 0 Å². The SMILES string of the molecule is Fc1cccnc1N1CCNCC1.O=C(O)/C=C/C(=O)O. The highest BCUT2D eigenvalue weighted by molar-refractivity contribution is 5.89. The van der Waals surface area contributed by atoms with E-state index in [2.05, 4.69) is 10.3 Å². The van der Waals surface area contributed by atoms with Crippen LogP contribution in [0.1, 0.15) is 0 Å². The highest BCUT2D eigenvalue weighted by Crippen LogP contribution is 2.14. The summed E-state index contributed by atoms with van der Waals surface area (Å²) in [7, 11) is 0. The lowest BCUT2D eigenvalue weighted by Gasteiger charge is -2.28. The molecule has 2 heterocycles. The highest BCUT2D eigenvalue weighted by atomic mass is 19.1. The molecular formula is C13H16FN3O4. The van der Waals surface area contributed by atoms with Gasteiger partial charge in [0.15, 0.2) is 11.6 Å². The van der Waals surface area contributed by atoms with E-state index in [9.17, 15) is 14.0 Å². The minimum absolute atomic E-state index is 0.232. The fourth-order valence-electron chi connectivity index (χ4n) is 1.63. The third-order valence-corrected chi connectivity index (χ3v) is 2.52. The monoisotopic (exact) mass is 297 g/mol. The third kappa shape index (κ3) is 6.48. The number of piperazine rings is 1. The van der Waals surface area contributed by atoms with E-state index in [1.54, 1.807) is 12.3 Å². The van der Waals surface area contributed by atoms with Crippen LogP contribution >= 0.6 is 0 Å². The Morgan fingerprint density at radius 3 is 2.29 bits per heavy atom. The van der Waals surface area contributed by atoms with Gasteiger partial charge in [-0.15, -0.1) is 0 Å². The number of carboxylic acids is 2. The number of nitrogens with one attached hydrogen (secondary N) is 1. The molecule has 1 saturated heterocycles. The Balaban J connectivity index is 0.000000240. The minimum atomic E-state index is -1.26. The first kappa shape index (κ1) is 16.6. The van der Waals surface area contributed by atoms with Crippen molar-refractivity contribution in [2.75, 3.05) is 31.1 Å². The van der Waals surface area contributed by atoms with Gasteiger partial charge in [0.05, 0.1) is 0 Å². The van der Waals surface area contributed by atoms with Gasteiger partial charge >= 0.3 is 11.9 Å². The Hall–Kier alpha value is -2.48. The smallest absolute Gasteiger partial charge is 0.328 e. The first-order valence-electron chi connectivity index (χ1n) is 6.21. The second-order valence-electron chi connectivity index (χ2n) is 4.06. The van der Waals surface area contributed by atoms with Crippen LogP contribution in [0.3, 0.4) is 0 Å². The molecule has 0 radical (unpaired) electrons. The number of aliphatic carboxylic acids is 2. The van der Waals surface area contributed by atoms with E-state index >= 15 is 0 Å². The molecule has 0 unspecified atom stereocenters. The van der Waals surface area contributed by atoms with Crippen LogP contribution in [0.15, 0.2) is 30.5 Å². The van der Waals surface area contributed by atoms with Crippen LogP contribution in [0.5, 0.6) is 0 Å². The molecule has 0 atom stereocenters. The average Bonchev–Trinajstić information content (AvgIpc) is 2.47. The molecule has 0 aliphatic carbocycles. The first-order valence-corrected chi connectivity index (χ1v) is 6.21. The second-order valence-corrected chi connectivity index (χ2v) is 4.06. The molecule has 1 aromatic heterocycles. The number of nitrogens with zero attached hydrogens (tertiary/aromatic N) is 2. The topological polar surface area (TPSA) is 103 Å². The molecule has 0 bridgehead atoms. The molecule has 0 aromatic carbocycles. The molecular weight excluding hydrogens is 281 g/mol. The van der Waals surface area contributed by atoms with Crippen LogP contribution in [0, 0.1) is 5.82 Å². The maximum absolute atomic E-state index is 13.2. The fourth-order valence-corrected chi connectivity index (χ4v) is 1.63. The Morgan fingerprint density at radius 2 is 1.81 bits per heavy atom. The Kier molecular flexibility index (Phi) is 6.82. The zero-order valence-electron chi connectivity index (χ0n) is 11.2. The zero-order chi connectivity index (χ0) is 15.7. The summed E-state index contributed by atoms with van der Waals surface area (Å²) in [5.74, 6) is -2.27. The molecule has 1 aliphatic rings. The van der Waals surface area contributed by atoms with Gasteiger partial charge < -0.3 is 20.4 Å². The molecule has 1 aliphatic heterocycles. The van der Waals surface area contributed by atoms with Gasteiger partial charge in [-0.05, 0) is 12.1 Å². The van der Waals surface area contributed by atoms with Crippen molar-refractivity contribution < 1.29 is 24.2 Å². The quantitative estimate of drug-likeness (QED) is 0.691. The summed E-state index contributed by atoms with van der Waals surface area (Å²) in [5, 5.41) is 18.8. The van der Waals surface area contributed by atoms with Gasteiger partial charge in [0.25, 0.3) is 0 Å². The third-order valence-electron chi connectivity index (χ3n) is 2.52. The number of carboxylic acid groups (broad SMARTS) is 2. The second kappa shape index (κ2) is 8.64. The van der Waals surface area contributed by atoms with Gasteiger partial charge in [-0.1, -0.05) is 0 Å². The molecule has 7 nitrogen and oxygen atoms in total. The molecule has 3 N–H and O–H groups in total. The number of pyridine rings is 1. The summed E-state index contributed by atoms with van der Waals surface area (Å²) < 4.78 is 13.2. The number of anilines is 1. The maximum Gasteiger partial charge on any atom is 0.328 e. The number of carbonyl (C=O) groups is 2. The van der Waals surface area contributed by atoms with Crippen molar-refractivity contribution in [1.82, 2.24) is 10.3 Å². The normalized spacial score (nSPS) is 14.4. The van der Waals surface area contributed by atoms with E-state index in [4.69, 9.17) is 10.2 Å². The lowest BCUT2D eigenvalue weighted by Crippen LogP contribution is -2.44. The highest BCUT2D eigenvalue weighted by Gasteiger charge is 2.14. The molecule has 0 saturated carbocycles. The zero-order valence-corrected chi connectivity index (χ0v) is 11.2. The summed E-state index contributed by atoms with van der Waals surface area (Å²) >= 11 is 0. The van der Waals surface area contributed by atoms with Crippen molar-refractivity contribution in [2.45, 2.75) is 0 Å². The molecule has 1 fully saturated rings. The van der Waals surface area contributed by atoms with Crippen molar-refractivity contribution >= 4 is 17.8 Å². The van der Waals surface area contributed by atoms with Crippen molar-refractivity contribution in [1.29, 1.82) is 0 Å². The van der Waals surface area contributed by atoms with E-state index < -0.39 is 11.9 Å². The number of halogens is 1. The average molecular weight is 297 g/mol. The Labute approximate surface area is 120 Å². The Bertz CT molecular complexity index is 500. The van der Waals surface area contributed by atoms with Crippen LogP contribution in [-0.2, 0) is 9.59 Å². The van der Waals surface area contributed by atoms with Crippen molar-refractivity contribution in [3.8, 4) is 0 Å². The molecule has 1 aromatic rings. The van der Waals surface area contributed by atoms with Crippen molar-refractivity contribution in [3.05, 3.63) is 36.3 Å². The van der Waals surface area contributed by atoms with Gasteiger partial charge in [-0.25, -0.2) is 19.0 Å². The largest absolute Gasteiger partial charge is 0.478 e. The van der Waals surface area contributed by atoms with E-state index in [0.29, 0.717) is 18.0 Å². The van der Waals surface area contributed by atoms with Crippen molar-refractivity contribution in [3.63, 3.8) is 0 Å². The summed E-state index contributed by atoms with van der Waals surface area (Å²) in [6, 6.07) is 3.06. The number of hydrogen-bond acceptors (Lipinski definition) is 5. The van der Waals surface area contributed by atoms with Crippen LogP contribution in [-0.4, -0.2) is 53.3 Å². The van der Waals surface area contributed by atoms with Crippen molar-refractivity contribution in [2.24, 2.45) is 0 Å². The molecule has 2 rings (SSSR count). The predicted octanol–water partition coefficient (Wildman–Crippen LogP) is 0.342. The summed E-state index contributed by atoms with van der Waals surface area (Å²) in [5.41, 5.74) is 0. The summed E-state index contributed by atoms with van der Waals surface area (Å²) in [6.07, 6.45) is 2.74. The van der Waals surface area contributed by atoms with Gasteiger partial charge in [0.2, 0.25) is 0 Å². The fraction of sp³-hybridized carbons (Fsp3) is 0.308. The van der Waals surface area contributed by atoms with E-state index in [0.717, 1.165) is 26.2 Å². The van der Waals surface area contributed by atoms with Crippen LogP contribution in [0.4, 0.5) is 10.2 Å². The summed E-state index contributed by atoms with van der Waals surface area (Å²) in [6.45, 7) is 3.45. The molecule has 8 heteroatoms. The number of rotatable bonds is 3. The van der Waals surface area contributed by atoms with Crippen LogP contribution in [0.2, 0.25) is 0 Å². The molecule has 21 heavy (non-hydrogen) atoms. The van der Waals surface area contributed by atoms with Gasteiger partial charge in [-0.3, -0.25) is 0 Å². The number of aromatic nitrogens is 1. The summed E-state index contributed by atoms with van der Waals surface area (Å²) in [4.78, 5) is 25.1. The predicted molar refractivity (Wildman–Crippen MR) is 73.7 cm³/mol. The lowest BCUT2D eigenvalue weighted by atomic mass is 10.3. The molecule has 0 amide bonds. The van der Waals surface area contributed by atoms with E-state index in [-0.39, 0.29) is 5.82 Å². The molecule has 0 spiro atoms. The van der Waals surface area contributed by atoms with Gasteiger partial charge in [-0.2, -0.15) is 0 Å². The van der Waals surface area contributed by atoms with E-state index in [1.807, 2.05) is 4.90 Å². The molecule has 114 valence electrons. The van der Waals surface area contributed by atoms with E-state index in [1.165, 1.54) is 6.07 Å². The van der Waals surface area contributed by atoms with Gasteiger partial charge in [0.1, 0.15) is 0 Å².